The number of hydrogen-bond donors (Lipinski definition) is 0. The zero-order chi connectivity index (χ0) is 13.8. The molecule has 1 unspecified atom stereocenters. The zero-order valence-electron chi connectivity index (χ0n) is 10.5. The normalized spacial score (nSPS) is 12.1. The van der Waals surface area contributed by atoms with Crippen LogP contribution in [0, 0.1) is 6.92 Å². The van der Waals surface area contributed by atoms with E-state index >= 15 is 0 Å². The van der Waals surface area contributed by atoms with Gasteiger partial charge in [0.15, 0.2) is 5.78 Å². The third-order valence-electron chi connectivity index (χ3n) is 2.83. The average molecular weight is 273 g/mol. The van der Waals surface area contributed by atoms with Crippen LogP contribution < -0.4 is 0 Å². The van der Waals surface area contributed by atoms with Crippen molar-refractivity contribution in [3.05, 3.63) is 65.2 Å². The highest BCUT2D eigenvalue weighted by molar-refractivity contribution is 7.79. The summed E-state index contributed by atoms with van der Waals surface area (Å²) in [5.41, 5.74) is 2.44. The molecule has 2 aromatic rings. The number of rotatable bonds is 4. The zero-order valence-corrected chi connectivity index (χ0v) is 11.3. The number of aryl methyl sites for hydroxylation is 1. The van der Waals surface area contributed by atoms with Crippen LogP contribution in [0.1, 0.15) is 21.5 Å². The van der Waals surface area contributed by atoms with Gasteiger partial charge in [-0.1, -0.05) is 42.0 Å². The first-order valence-electron chi connectivity index (χ1n) is 5.84. The van der Waals surface area contributed by atoms with Gasteiger partial charge in [-0.3, -0.25) is 9.00 Å². The molecule has 0 aliphatic carbocycles. The number of benzene rings is 2. The van der Waals surface area contributed by atoms with Gasteiger partial charge >= 0.3 is 0 Å². The Morgan fingerprint density at radius 3 is 2.47 bits per heavy atom. The first-order valence-corrected chi connectivity index (χ1v) is 6.92. The van der Waals surface area contributed by atoms with Gasteiger partial charge in [0, 0.05) is 16.9 Å². The van der Waals surface area contributed by atoms with E-state index in [0.29, 0.717) is 11.1 Å². The Labute approximate surface area is 114 Å². The maximum Gasteiger partial charge on any atom is 0.167 e. The SMILES string of the molecule is Cc1ccc(C(=O)Cc2cccc(S(=O)[O-])c2)cc1. The van der Waals surface area contributed by atoms with Crippen LogP contribution in [0.3, 0.4) is 0 Å². The maximum absolute atomic E-state index is 12.1. The molecule has 98 valence electrons. The second kappa shape index (κ2) is 5.91. The van der Waals surface area contributed by atoms with Crippen LogP contribution in [0.15, 0.2) is 53.4 Å². The van der Waals surface area contributed by atoms with E-state index in [9.17, 15) is 13.6 Å². The van der Waals surface area contributed by atoms with Gasteiger partial charge in [0.05, 0.1) is 0 Å². The van der Waals surface area contributed by atoms with Crippen LogP contribution in [0.4, 0.5) is 0 Å². The minimum Gasteiger partial charge on any atom is -0.768 e. The van der Waals surface area contributed by atoms with Gasteiger partial charge in [0.1, 0.15) is 0 Å². The van der Waals surface area contributed by atoms with Crippen molar-refractivity contribution in [3.8, 4) is 0 Å². The van der Waals surface area contributed by atoms with E-state index in [2.05, 4.69) is 0 Å². The van der Waals surface area contributed by atoms with Gasteiger partial charge in [0.25, 0.3) is 0 Å². The number of carbonyl (C=O) groups is 1. The first kappa shape index (κ1) is 13.6. The summed E-state index contributed by atoms with van der Waals surface area (Å²) in [6, 6.07) is 13.8. The molecular formula is C15H13O3S-. The highest BCUT2D eigenvalue weighted by Gasteiger charge is 2.07. The van der Waals surface area contributed by atoms with Crippen molar-refractivity contribution >= 4 is 16.9 Å². The van der Waals surface area contributed by atoms with Gasteiger partial charge in [-0.25, -0.2) is 0 Å². The van der Waals surface area contributed by atoms with E-state index in [1.165, 1.54) is 12.1 Å². The van der Waals surface area contributed by atoms with Gasteiger partial charge in [-0.2, -0.15) is 0 Å². The predicted molar refractivity (Wildman–Crippen MR) is 72.8 cm³/mol. The molecule has 0 N–H and O–H groups in total. The largest absolute Gasteiger partial charge is 0.768 e. The molecule has 0 fully saturated rings. The second-order valence-corrected chi connectivity index (χ2v) is 5.29. The molecule has 0 spiro atoms. The molecule has 3 nitrogen and oxygen atoms in total. The van der Waals surface area contributed by atoms with Crippen molar-refractivity contribution in [2.45, 2.75) is 18.2 Å². The van der Waals surface area contributed by atoms with E-state index < -0.39 is 11.1 Å². The third kappa shape index (κ3) is 3.59. The molecule has 0 radical (unpaired) electrons. The Hall–Kier alpha value is -1.78. The molecule has 2 rings (SSSR count). The van der Waals surface area contributed by atoms with E-state index in [-0.39, 0.29) is 17.1 Å². The summed E-state index contributed by atoms with van der Waals surface area (Å²) in [7, 11) is 0. The maximum atomic E-state index is 12.1. The van der Waals surface area contributed by atoms with Crippen molar-refractivity contribution in [2.75, 3.05) is 0 Å². The van der Waals surface area contributed by atoms with Crippen molar-refractivity contribution < 1.29 is 13.6 Å². The average Bonchev–Trinajstić information content (AvgIpc) is 2.39. The van der Waals surface area contributed by atoms with Crippen molar-refractivity contribution in [1.82, 2.24) is 0 Å². The summed E-state index contributed by atoms with van der Waals surface area (Å²) in [5.74, 6) is -0.0196. The third-order valence-corrected chi connectivity index (χ3v) is 3.47. The fourth-order valence-corrected chi connectivity index (χ4v) is 2.22. The Bertz CT molecular complexity index is 618. The molecule has 0 amide bonds. The van der Waals surface area contributed by atoms with Crippen LogP contribution in [0.5, 0.6) is 0 Å². The van der Waals surface area contributed by atoms with Crippen LogP contribution >= 0.6 is 0 Å². The van der Waals surface area contributed by atoms with Gasteiger partial charge in [-0.05, 0) is 35.7 Å². The number of hydrogen-bond acceptors (Lipinski definition) is 3. The van der Waals surface area contributed by atoms with Crippen LogP contribution in [-0.4, -0.2) is 14.5 Å². The summed E-state index contributed by atoms with van der Waals surface area (Å²) >= 11 is -2.26. The number of carbonyl (C=O) groups excluding carboxylic acids is 1. The van der Waals surface area contributed by atoms with Gasteiger partial charge in [0.2, 0.25) is 0 Å². The van der Waals surface area contributed by atoms with E-state index in [0.717, 1.165) is 5.56 Å². The minimum absolute atomic E-state index is 0.0196. The molecule has 0 aliphatic rings. The topological polar surface area (TPSA) is 57.2 Å². The Morgan fingerprint density at radius 2 is 1.84 bits per heavy atom. The molecular weight excluding hydrogens is 260 g/mol. The lowest BCUT2D eigenvalue weighted by molar-refractivity contribution is 0.0993. The Morgan fingerprint density at radius 1 is 1.16 bits per heavy atom. The van der Waals surface area contributed by atoms with Crippen molar-refractivity contribution in [3.63, 3.8) is 0 Å². The summed E-state index contributed by atoms with van der Waals surface area (Å²) in [4.78, 5) is 12.3. The van der Waals surface area contributed by atoms with E-state index in [1.54, 1.807) is 24.3 Å². The summed E-state index contributed by atoms with van der Waals surface area (Å²) in [6.45, 7) is 1.96. The highest BCUT2D eigenvalue weighted by atomic mass is 32.2. The quantitative estimate of drug-likeness (QED) is 0.635. The monoisotopic (exact) mass is 273 g/mol. The minimum atomic E-state index is -2.26. The van der Waals surface area contributed by atoms with E-state index in [4.69, 9.17) is 0 Å². The Kier molecular flexibility index (Phi) is 4.24. The lowest BCUT2D eigenvalue weighted by atomic mass is 10.0. The van der Waals surface area contributed by atoms with Gasteiger partial charge < -0.3 is 4.55 Å². The van der Waals surface area contributed by atoms with Crippen LogP contribution in [-0.2, 0) is 17.5 Å². The second-order valence-electron chi connectivity index (χ2n) is 4.35. The molecule has 1 atom stereocenters. The number of Topliss-reactive ketones (excluding diaryl/α,β-unsaturated/α-hetero) is 1. The van der Waals surface area contributed by atoms with E-state index in [1.807, 2.05) is 19.1 Å². The fourth-order valence-electron chi connectivity index (χ4n) is 1.79. The van der Waals surface area contributed by atoms with Crippen LogP contribution in [0.25, 0.3) is 0 Å². The smallest absolute Gasteiger partial charge is 0.167 e. The molecule has 0 bridgehead atoms. The predicted octanol–water partition coefficient (Wildman–Crippen LogP) is 2.66. The molecule has 4 heteroatoms. The lowest BCUT2D eigenvalue weighted by Crippen LogP contribution is -2.04. The van der Waals surface area contributed by atoms with Crippen molar-refractivity contribution in [1.29, 1.82) is 0 Å². The lowest BCUT2D eigenvalue weighted by Gasteiger charge is -2.07. The number of ketones is 1. The Balaban J connectivity index is 2.17. The molecule has 0 heterocycles. The van der Waals surface area contributed by atoms with Gasteiger partial charge in [-0.15, -0.1) is 0 Å². The molecule has 19 heavy (non-hydrogen) atoms. The standard InChI is InChI=1S/C15H14O3S/c1-11-5-7-13(8-6-11)15(16)10-12-3-2-4-14(9-12)19(17)18/h2-9H,10H2,1H3,(H,17,18)/p-1. The summed E-state index contributed by atoms with van der Waals surface area (Å²) < 4.78 is 21.7. The van der Waals surface area contributed by atoms with Crippen molar-refractivity contribution in [2.24, 2.45) is 0 Å². The molecule has 0 aliphatic heterocycles. The van der Waals surface area contributed by atoms with Crippen LogP contribution in [0.2, 0.25) is 0 Å². The summed E-state index contributed by atoms with van der Waals surface area (Å²) in [5, 5.41) is 0. The molecule has 0 aromatic heterocycles. The molecule has 0 saturated carbocycles. The molecule has 0 saturated heterocycles. The summed E-state index contributed by atoms with van der Waals surface area (Å²) in [6.07, 6.45) is 0.202. The molecule has 2 aromatic carbocycles. The fraction of sp³-hybridized carbons (Fsp3) is 0.133. The highest BCUT2D eigenvalue weighted by Crippen LogP contribution is 2.12. The first-order chi connectivity index (χ1) is 9.06.